The number of hydrogen-bond acceptors (Lipinski definition) is 6. The Kier molecular flexibility index (Phi) is 5.44. The van der Waals surface area contributed by atoms with Gasteiger partial charge in [-0.05, 0) is 48.7 Å². The molecule has 1 amide bonds. The van der Waals surface area contributed by atoms with E-state index in [4.69, 9.17) is 14.0 Å². The van der Waals surface area contributed by atoms with E-state index in [0.29, 0.717) is 23.0 Å². The summed E-state index contributed by atoms with van der Waals surface area (Å²) in [5, 5.41) is 7.15. The minimum Gasteiger partial charge on any atom is -0.493 e. The lowest BCUT2D eigenvalue weighted by molar-refractivity contribution is 0.102. The average Bonchev–Trinajstić information content (AvgIpc) is 3.43. The monoisotopic (exact) mass is 407 g/mol. The number of rotatable bonds is 6. The van der Waals surface area contributed by atoms with Gasteiger partial charge < -0.3 is 19.3 Å². The number of methoxy groups -OCH3 is 2. The molecule has 1 aliphatic rings. The Morgan fingerprint density at radius 2 is 1.73 bits per heavy atom. The Hall–Kier alpha value is -3.35. The van der Waals surface area contributed by atoms with Crippen LogP contribution < -0.4 is 14.8 Å². The second-order valence-electron chi connectivity index (χ2n) is 7.53. The maximum absolute atomic E-state index is 12.7. The Bertz CT molecular complexity index is 1040. The number of hydrogen-bond donors (Lipinski definition) is 1. The van der Waals surface area contributed by atoms with Crippen LogP contribution in [0.4, 0.5) is 5.69 Å². The van der Waals surface area contributed by atoms with Gasteiger partial charge in [0.25, 0.3) is 5.91 Å². The van der Waals surface area contributed by atoms with Crippen LogP contribution in [-0.4, -0.2) is 30.3 Å². The molecule has 1 fully saturated rings. The maximum atomic E-state index is 12.7. The number of ether oxygens (including phenoxy) is 2. The molecule has 0 aliphatic heterocycles. The standard InChI is InChI=1S/C23H25N3O4/c1-15-24-22(26-30-15)23(12-4-5-13-23)17-7-9-18(10-8-17)25-21(27)16-6-11-19(28-2)20(14-16)29-3/h6-11,14H,4-5,12-13H2,1-3H3,(H,25,27). The van der Waals surface area contributed by atoms with E-state index in [0.717, 1.165) is 42.8 Å². The van der Waals surface area contributed by atoms with Crippen LogP contribution in [0.5, 0.6) is 11.5 Å². The topological polar surface area (TPSA) is 86.5 Å². The Morgan fingerprint density at radius 3 is 2.33 bits per heavy atom. The van der Waals surface area contributed by atoms with Crippen molar-refractivity contribution in [2.45, 2.75) is 38.0 Å². The number of carbonyl (C=O) groups excluding carboxylic acids is 1. The summed E-state index contributed by atoms with van der Waals surface area (Å²) in [6, 6.07) is 13.0. The Morgan fingerprint density at radius 1 is 1.03 bits per heavy atom. The highest BCUT2D eigenvalue weighted by Crippen LogP contribution is 2.45. The van der Waals surface area contributed by atoms with Crippen LogP contribution in [0, 0.1) is 6.92 Å². The highest BCUT2D eigenvalue weighted by atomic mass is 16.5. The molecule has 7 nitrogen and oxygen atoms in total. The fourth-order valence-corrected chi connectivity index (χ4v) is 4.17. The smallest absolute Gasteiger partial charge is 0.255 e. The predicted molar refractivity (Wildman–Crippen MR) is 112 cm³/mol. The van der Waals surface area contributed by atoms with Crippen LogP contribution in [-0.2, 0) is 5.41 Å². The van der Waals surface area contributed by atoms with Crippen molar-refractivity contribution in [2.24, 2.45) is 0 Å². The van der Waals surface area contributed by atoms with Crippen LogP contribution in [0.15, 0.2) is 47.0 Å². The van der Waals surface area contributed by atoms with Gasteiger partial charge in [-0.25, -0.2) is 0 Å². The first-order valence-corrected chi connectivity index (χ1v) is 10.0. The normalized spacial score (nSPS) is 15.0. The van der Waals surface area contributed by atoms with E-state index in [1.54, 1.807) is 32.4 Å². The SMILES string of the molecule is COc1ccc(C(=O)Nc2ccc(C3(c4noc(C)n4)CCCC3)cc2)cc1OC. The van der Waals surface area contributed by atoms with Gasteiger partial charge in [0, 0.05) is 18.2 Å². The molecular weight excluding hydrogens is 382 g/mol. The zero-order valence-corrected chi connectivity index (χ0v) is 17.4. The molecule has 1 saturated carbocycles. The molecule has 30 heavy (non-hydrogen) atoms. The lowest BCUT2D eigenvalue weighted by Crippen LogP contribution is -2.25. The molecule has 1 aromatic heterocycles. The molecule has 0 spiro atoms. The van der Waals surface area contributed by atoms with E-state index in [-0.39, 0.29) is 11.3 Å². The van der Waals surface area contributed by atoms with E-state index < -0.39 is 0 Å². The van der Waals surface area contributed by atoms with E-state index in [2.05, 4.69) is 15.5 Å². The molecule has 156 valence electrons. The first-order valence-electron chi connectivity index (χ1n) is 10.0. The molecular formula is C23H25N3O4. The van der Waals surface area contributed by atoms with Crippen molar-refractivity contribution >= 4 is 11.6 Å². The second kappa shape index (κ2) is 8.18. The van der Waals surface area contributed by atoms with Gasteiger partial charge in [0.15, 0.2) is 17.3 Å². The van der Waals surface area contributed by atoms with Gasteiger partial charge in [-0.3, -0.25) is 4.79 Å². The molecule has 1 heterocycles. The highest BCUT2D eigenvalue weighted by Gasteiger charge is 2.41. The summed E-state index contributed by atoms with van der Waals surface area (Å²) in [5.41, 5.74) is 2.14. The summed E-state index contributed by atoms with van der Waals surface area (Å²) in [6.07, 6.45) is 4.24. The lowest BCUT2D eigenvalue weighted by atomic mass is 9.78. The van der Waals surface area contributed by atoms with Crippen LogP contribution in [0.1, 0.15) is 53.3 Å². The molecule has 2 aromatic carbocycles. The Balaban J connectivity index is 1.54. The van der Waals surface area contributed by atoms with Crippen molar-refractivity contribution in [3.05, 3.63) is 65.3 Å². The van der Waals surface area contributed by atoms with E-state index >= 15 is 0 Å². The minimum atomic E-state index is -0.219. The molecule has 1 N–H and O–H groups in total. The van der Waals surface area contributed by atoms with Crippen molar-refractivity contribution in [3.8, 4) is 11.5 Å². The molecule has 7 heteroatoms. The van der Waals surface area contributed by atoms with Crippen molar-refractivity contribution in [1.29, 1.82) is 0 Å². The third-order valence-electron chi connectivity index (χ3n) is 5.75. The van der Waals surface area contributed by atoms with E-state index in [9.17, 15) is 4.79 Å². The molecule has 0 unspecified atom stereocenters. The van der Waals surface area contributed by atoms with E-state index in [1.807, 2.05) is 31.2 Å². The number of benzene rings is 2. The predicted octanol–water partition coefficient (Wildman–Crippen LogP) is 4.51. The average molecular weight is 407 g/mol. The summed E-state index contributed by atoms with van der Waals surface area (Å²) in [7, 11) is 3.11. The molecule has 1 aliphatic carbocycles. The quantitative estimate of drug-likeness (QED) is 0.647. The van der Waals surface area contributed by atoms with Crippen molar-refractivity contribution in [2.75, 3.05) is 19.5 Å². The van der Waals surface area contributed by atoms with E-state index in [1.165, 1.54) is 0 Å². The fourth-order valence-electron chi connectivity index (χ4n) is 4.17. The maximum Gasteiger partial charge on any atom is 0.255 e. The zero-order chi connectivity index (χ0) is 21.1. The van der Waals surface area contributed by atoms with Gasteiger partial charge in [0.2, 0.25) is 5.89 Å². The summed E-state index contributed by atoms with van der Waals surface area (Å²) >= 11 is 0. The molecule has 3 aromatic rings. The fraction of sp³-hybridized carbons (Fsp3) is 0.348. The number of anilines is 1. The third-order valence-corrected chi connectivity index (χ3v) is 5.75. The highest BCUT2D eigenvalue weighted by molar-refractivity contribution is 6.04. The number of aryl methyl sites for hydroxylation is 1. The minimum absolute atomic E-state index is 0.215. The first-order chi connectivity index (χ1) is 14.6. The van der Waals surface area contributed by atoms with Crippen LogP contribution >= 0.6 is 0 Å². The molecule has 4 rings (SSSR count). The van der Waals surface area contributed by atoms with Crippen molar-refractivity contribution in [1.82, 2.24) is 10.1 Å². The van der Waals surface area contributed by atoms with Crippen LogP contribution in [0.25, 0.3) is 0 Å². The number of nitrogens with one attached hydrogen (secondary N) is 1. The number of aromatic nitrogens is 2. The van der Waals surface area contributed by atoms with Gasteiger partial charge in [0.05, 0.1) is 19.6 Å². The van der Waals surface area contributed by atoms with Gasteiger partial charge >= 0.3 is 0 Å². The zero-order valence-electron chi connectivity index (χ0n) is 17.4. The van der Waals surface area contributed by atoms with Crippen LogP contribution in [0.3, 0.4) is 0 Å². The molecule has 0 saturated heterocycles. The molecule has 0 atom stereocenters. The summed E-state index contributed by atoms with van der Waals surface area (Å²) in [4.78, 5) is 17.2. The van der Waals surface area contributed by atoms with Gasteiger partial charge in [0.1, 0.15) is 0 Å². The summed E-state index contributed by atoms with van der Waals surface area (Å²) in [5.74, 6) is 2.21. The molecule has 0 radical (unpaired) electrons. The van der Waals surface area contributed by atoms with Gasteiger partial charge in [-0.2, -0.15) is 4.98 Å². The number of amides is 1. The van der Waals surface area contributed by atoms with Gasteiger partial charge in [-0.15, -0.1) is 0 Å². The number of nitrogens with zero attached hydrogens (tertiary/aromatic N) is 2. The van der Waals surface area contributed by atoms with Crippen molar-refractivity contribution in [3.63, 3.8) is 0 Å². The van der Waals surface area contributed by atoms with Crippen molar-refractivity contribution < 1.29 is 18.8 Å². The largest absolute Gasteiger partial charge is 0.493 e. The summed E-state index contributed by atoms with van der Waals surface area (Å²) < 4.78 is 15.8. The number of carbonyl (C=O) groups is 1. The Labute approximate surface area is 175 Å². The van der Waals surface area contributed by atoms with Crippen LogP contribution in [0.2, 0.25) is 0 Å². The third kappa shape index (κ3) is 3.63. The lowest BCUT2D eigenvalue weighted by Gasteiger charge is -2.26. The van der Waals surface area contributed by atoms with Gasteiger partial charge in [-0.1, -0.05) is 30.1 Å². The molecule has 0 bridgehead atoms. The first kappa shape index (κ1) is 19.9. The summed E-state index contributed by atoms with van der Waals surface area (Å²) in [6.45, 7) is 1.81. The second-order valence-corrected chi connectivity index (χ2v) is 7.53.